The van der Waals surface area contributed by atoms with Crippen molar-refractivity contribution in [2.45, 2.75) is 6.04 Å². The number of hydrogen-bond acceptors (Lipinski definition) is 4. The van der Waals surface area contributed by atoms with Crippen molar-refractivity contribution in [2.75, 3.05) is 45.9 Å². The van der Waals surface area contributed by atoms with Crippen molar-refractivity contribution in [1.82, 2.24) is 9.80 Å². The molecule has 1 heterocycles. The molecule has 138 valence electrons. The molecule has 3 rings (SSSR count). The van der Waals surface area contributed by atoms with Crippen molar-refractivity contribution >= 4 is 17.9 Å². The van der Waals surface area contributed by atoms with Gasteiger partial charge in [-0.15, -0.1) is 0 Å². The van der Waals surface area contributed by atoms with Crippen LogP contribution in [0.25, 0.3) is 0 Å². The minimum atomic E-state index is 0. The second kappa shape index (κ2) is 12.1. The Morgan fingerprint density at radius 2 is 1.59 bits per heavy atom. The number of benzene rings is 2. The van der Waals surface area contributed by atoms with Gasteiger partial charge in [0.25, 0.3) is 0 Å². The monoisotopic (exact) mass is 460 g/mol. The molecule has 0 aliphatic carbocycles. The zero-order valence-electron chi connectivity index (χ0n) is 15.4. The van der Waals surface area contributed by atoms with Crippen LogP contribution in [0.4, 0.5) is 0 Å². The van der Waals surface area contributed by atoms with E-state index in [2.05, 4.69) is 52.3 Å². The van der Waals surface area contributed by atoms with Crippen LogP contribution < -0.4 is 0 Å². The minimum Gasteiger partial charge on any atom is -0.540 e. The molecule has 0 N–H and O–H groups in total. The molecular weight excluding hydrogens is 437 g/mol. The first-order chi connectivity index (χ1) is 12.8. The van der Waals surface area contributed by atoms with Gasteiger partial charge in [0.05, 0.1) is 12.6 Å². The fourth-order valence-electron chi connectivity index (χ4n) is 3.45. The van der Waals surface area contributed by atoms with E-state index in [0.29, 0.717) is 6.61 Å². The molecule has 27 heavy (non-hydrogen) atoms. The summed E-state index contributed by atoms with van der Waals surface area (Å²) in [6.45, 7) is 5.45. The van der Waals surface area contributed by atoms with E-state index in [1.807, 2.05) is 12.1 Å². The van der Waals surface area contributed by atoms with Gasteiger partial charge in [0, 0.05) is 37.7 Å². The number of nitrogens with zero attached hydrogens (tertiary/aromatic N) is 2. The van der Waals surface area contributed by atoms with Gasteiger partial charge in [-0.25, -0.2) is 6.29 Å². The van der Waals surface area contributed by atoms with Crippen LogP contribution in [0, 0.1) is 0 Å². The summed E-state index contributed by atoms with van der Waals surface area (Å²) >= 11 is 6.08. The Labute approximate surface area is 191 Å². The largest absolute Gasteiger partial charge is 3.00 e. The number of halogens is 1. The molecule has 2 aromatic rings. The molecule has 0 radical (unpaired) electrons. The molecule has 0 saturated carbocycles. The third-order valence-corrected chi connectivity index (χ3v) is 5.04. The van der Waals surface area contributed by atoms with E-state index in [9.17, 15) is 4.79 Å². The van der Waals surface area contributed by atoms with Gasteiger partial charge in [0.15, 0.2) is 0 Å². The average molecular weight is 461 g/mol. The van der Waals surface area contributed by atoms with Crippen LogP contribution in [0.1, 0.15) is 17.2 Å². The van der Waals surface area contributed by atoms with Crippen LogP contribution in [-0.4, -0.2) is 62.0 Å². The van der Waals surface area contributed by atoms with E-state index >= 15 is 0 Å². The maximum Gasteiger partial charge on any atom is 3.00 e. The average Bonchev–Trinajstić information content (AvgIpc) is 2.69. The first-order valence-corrected chi connectivity index (χ1v) is 9.35. The Hall–Kier alpha value is -0.616. The predicted molar refractivity (Wildman–Crippen MR) is 104 cm³/mol. The van der Waals surface area contributed by atoms with Crippen molar-refractivity contribution in [2.24, 2.45) is 0 Å². The van der Waals surface area contributed by atoms with Gasteiger partial charge in [-0.3, -0.25) is 9.80 Å². The molecular formula is C21H24ClN2O2Y+2. The minimum absolute atomic E-state index is 0. The predicted octanol–water partition coefficient (Wildman–Crippen LogP) is 3.17. The Kier molecular flexibility index (Phi) is 10.1. The number of carbonyl (C=O) groups excluding carboxylic acids is 1. The van der Waals surface area contributed by atoms with E-state index in [4.69, 9.17) is 16.3 Å². The quantitative estimate of drug-likeness (QED) is 0.447. The fourth-order valence-corrected chi connectivity index (χ4v) is 3.57. The normalized spacial score (nSPS) is 16.5. The van der Waals surface area contributed by atoms with Gasteiger partial charge in [-0.1, -0.05) is 54.1 Å². The number of rotatable bonds is 8. The third-order valence-electron chi connectivity index (χ3n) is 4.79. The Balaban J connectivity index is 0.00000261. The molecule has 0 aromatic heterocycles. The maximum absolute atomic E-state index is 10.2. The van der Waals surface area contributed by atoms with E-state index in [1.54, 1.807) is 6.29 Å². The Bertz CT molecular complexity index is 676. The number of piperazine rings is 1. The van der Waals surface area contributed by atoms with Crippen molar-refractivity contribution < 1.29 is 42.2 Å². The summed E-state index contributed by atoms with van der Waals surface area (Å²) in [6, 6.07) is 19.0. The zero-order chi connectivity index (χ0) is 18.2. The molecule has 4 nitrogen and oxygen atoms in total. The summed E-state index contributed by atoms with van der Waals surface area (Å²) in [5.74, 6) is 0. The van der Waals surface area contributed by atoms with Gasteiger partial charge < -0.3 is 9.53 Å². The molecule has 0 bridgehead atoms. The summed E-state index contributed by atoms with van der Waals surface area (Å²) in [5, 5.41) is 0.762. The molecule has 1 aliphatic heterocycles. The summed E-state index contributed by atoms with van der Waals surface area (Å²) in [5.41, 5.74) is 2.56. The number of hydrogen-bond donors (Lipinski definition) is 0. The van der Waals surface area contributed by atoms with E-state index in [-0.39, 0.29) is 45.4 Å². The summed E-state index contributed by atoms with van der Waals surface area (Å²) in [6.07, 6.45) is 1.76. The van der Waals surface area contributed by atoms with Crippen molar-refractivity contribution in [3.63, 3.8) is 0 Å². The van der Waals surface area contributed by atoms with E-state index < -0.39 is 0 Å². The summed E-state index contributed by atoms with van der Waals surface area (Å²) in [4.78, 5) is 15.1. The van der Waals surface area contributed by atoms with E-state index in [0.717, 1.165) is 37.7 Å². The standard InChI is InChI=1S/C21H24ClN2O2.Y/c22-20-8-6-19(7-9-20)21(18-4-2-1-3-5-18)24-12-10-23(11-13-24)14-16-26-17-15-25;/h1-9,21H,10-14,16-17H2;/q-1;+3. The zero-order valence-corrected chi connectivity index (χ0v) is 19.0. The van der Waals surface area contributed by atoms with Gasteiger partial charge in [0.1, 0.15) is 0 Å². The molecule has 0 spiro atoms. The van der Waals surface area contributed by atoms with Crippen molar-refractivity contribution in [3.8, 4) is 0 Å². The van der Waals surface area contributed by atoms with E-state index in [1.165, 1.54) is 11.1 Å². The topological polar surface area (TPSA) is 32.8 Å². The smallest absolute Gasteiger partial charge is 0.540 e. The number of ether oxygens (including phenoxy) is 1. The molecule has 1 unspecified atom stereocenters. The Morgan fingerprint density at radius 1 is 0.963 bits per heavy atom. The molecule has 1 atom stereocenters. The van der Waals surface area contributed by atoms with Gasteiger partial charge in [-0.2, -0.15) is 0 Å². The maximum atomic E-state index is 10.2. The van der Waals surface area contributed by atoms with Gasteiger partial charge >= 0.3 is 32.7 Å². The molecule has 0 amide bonds. The molecule has 1 fully saturated rings. The van der Waals surface area contributed by atoms with Crippen LogP contribution >= 0.6 is 11.6 Å². The second-order valence-electron chi connectivity index (χ2n) is 6.44. The summed E-state index contributed by atoms with van der Waals surface area (Å²) in [7, 11) is 0. The second-order valence-corrected chi connectivity index (χ2v) is 6.88. The van der Waals surface area contributed by atoms with Gasteiger partial charge in [-0.05, 0) is 29.9 Å². The van der Waals surface area contributed by atoms with Crippen LogP contribution in [-0.2, 0) is 42.2 Å². The SMILES string of the molecule is O=[C-]COCCN1CCN(C(c2ccccc2)c2ccc(Cl)cc2)CC1.[Y+3]. The Morgan fingerprint density at radius 3 is 2.22 bits per heavy atom. The first kappa shape index (κ1) is 22.7. The van der Waals surface area contributed by atoms with Crippen LogP contribution in [0.15, 0.2) is 54.6 Å². The third kappa shape index (κ3) is 6.74. The van der Waals surface area contributed by atoms with Gasteiger partial charge in [0.2, 0.25) is 0 Å². The molecule has 1 aliphatic rings. The summed E-state index contributed by atoms with van der Waals surface area (Å²) < 4.78 is 5.22. The molecule has 2 aromatic carbocycles. The fraction of sp³-hybridized carbons (Fsp3) is 0.381. The van der Waals surface area contributed by atoms with Crippen LogP contribution in [0.2, 0.25) is 5.02 Å². The van der Waals surface area contributed by atoms with Crippen molar-refractivity contribution in [3.05, 3.63) is 70.7 Å². The van der Waals surface area contributed by atoms with Crippen LogP contribution in [0.5, 0.6) is 0 Å². The molecule has 1 saturated heterocycles. The van der Waals surface area contributed by atoms with Crippen molar-refractivity contribution in [1.29, 1.82) is 0 Å². The van der Waals surface area contributed by atoms with Crippen LogP contribution in [0.3, 0.4) is 0 Å². The molecule has 6 heteroatoms. The first-order valence-electron chi connectivity index (χ1n) is 8.97.